The van der Waals surface area contributed by atoms with Crippen LogP contribution in [0.4, 0.5) is 11.9 Å². The topological polar surface area (TPSA) is 86.6 Å². The molecule has 3 rings (SSSR count). The number of nitrogens with one attached hydrogen (secondary N) is 1. The lowest BCUT2D eigenvalue weighted by atomic mass is 10.4. The van der Waals surface area contributed by atoms with Gasteiger partial charge in [0.1, 0.15) is 0 Å². The standard InChI is InChI=1S/C11H18N6O2/c18-11-14-9(16-3-1-12-2-4-16)13-10(15-11)17-5-7-19-8-6-17/h12H,1-8H2,(H,13,14,15,18). The molecule has 0 saturated carbocycles. The second-order valence-corrected chi connectivity index (χ2v) is 4.57. The van der Waals surface area contributed by atoms with Gasteiger partial charge in [0.05, 0.1) is 13.2 Å². The zero-order valence-electron chi connectivity index (χ0n) is 10.7. The Labute approximate surface area is 111 Å². The van der Waals surface area contributed by atoms with Crippen LogP contribution in [0.3, 0.4) is 0 Å². The van der Waals surface area contributed by atoms with Crippen molar-refractivity contribution in [3.05, 3.63) is 0 Å². The van der Waals surface area contributed by atoms with Crippen LogP contribution in [-0.2, 0) is 4.74 Å². The summed E-state index contributed by atoms with van der Waals surface area (Å²) in [6.45, 7) is 6.29. The first-order valence-corrected chi connectivity index (χ1v) is 6.56. The molecule has 0 amide bonds. The molecule has 2 aliphatic rings. The third-order valence-electron chi connectivity index (χ3n) is 3.29. The highest BCUT2D eigenvalue weighted by atomic mass is 16.5. The van der Waals surface area contributed by atoms with E-state index in [-0.39, 0.29) is 6.01 Å². The van der Waals surface area contributed by atoms with Gasteiger partial charge in [-0.2, -0.15) is 15.0 Å². The van der Waals surface area contributed by atoms with Gasteiger partial charge in [-0.15, -0.1) is 0 Å². The van der Waals surface area contributed by atoms with Crippen LogP contribution >= 0.6 is 0 Å². The summed E-state index contributed by atoms with van der Waals surface area (Å²) >= 11 is 0. The van der Waals surface area contributed by atoms with Gasteiger partial charge >= 0.3 is 6.01 Å². The largest absolute Gasteiger partial charge is 0.479 e. The molecule has 0 unspecified atom stereocenters. The van der Waals surface area contributed by atoms with Gasteiger partial charge in [0.2, 0.25) is 11.9 Å². The Bertz CT molecular complexity index is 395. The molecule has 1 aromatic rings. The minimum absolute atomic E-state index is 0.218. The molecule has 0 aliphatic carbocycles. The maximum atomic E-state index is 9.69. The minimum atomic E-state index is -0.218. The van der Waals surface area contributed by atoms with E-state index in [0.717, 1.165) is 39.3 Å². The third kappa shape index (κ3) is 2.85. The molecule has 0 spiro atoms. The van der Waals surface area contributed by atoms with Gasteiger partial charge in [-0.1, -0.05) is 0 Å². The normalized spacial score (nSPS) is 20.6. The van der Waals surface area contributed by atoms with Gasteiger partial charge in [-0.3, -0.25) is 0 Å². The Hall–Kier alpha value is -1.67. The Balaban J connectivity index is 1.82. The van der Waals surface area contributed by atoms with E-state index in [1.54, 1.807) is 0 Å². The number of hydrogen-bond acceptors (Lipinski definition) is 8. The van der Waals surface area contributed by atoms with Gasteiger partial charge in [0.15, 0.2) is 0 Å². The molecule has 3 heterocycles. The Morgan fingerprint density at radius 3 is 2.11 bits per heavy atom. The summed E-state index contributed by atoms with van der Waals surface area (Å²) in [5.74, 6) is 1.08. The molecule has 1 aromatic heterocycles. The lowest BCUT2D eigenvalue weighted by molar-refractivity contribution is 0.122. The molecule has 0 atom stereocenters. The van der Waals surface area contributed by atoms with E-state index in [1.807, 2.05) is 4.90 Å². The number of aromatic hydroxyl groups is 1. The first kappa shape index (κ1) is 12.4. The van der Waals surface area contributed by atoms with Crippen LogP contribution in [0.25, 0.3) is 0 Å². The predicted molar refractivity (Wildman–Crippen MR) is 69.6 cm³/mol. The Kier molecular flexibility index (Phi) is 3.60. The van der Waals surface area contributed by atoms with Crippen molar-refractivity contribution in [2.75, 3.05) is 62.3 Å². The molecule has 8 heteroatoms. The monoisotopic (exact) mass is 266 g/mol. The maximum Gasteiger partial charge on any atom is 0.320 e. The molecule has 8 nitrogen and oxygen atoms in total. The summed E-state index contributed by atoms with van der Waals surface area (Å²) in [6.07, 6.45) is 0. The molecule has 0 radical (unpaired) electrons. The predicted octanol–water partition coefficient (Wildman–Crippen LogP) is -1.18. The van der Waals surface area contributed by atoms with Crippen molar-refractivity contribution in [3.8, 4) is 6.01 Å². The van der Waals surface area contributed by atoms with Crippen molar-refractivity contribution in [1.29, 1.82) is 0 Å². The molecule has 2 N–H and O–H groups in total. The summed E-state index contributed by atoms with van der Waals surface area (Å²) in [6, 6.07) is -0.218. The lowest BCUT2D eigenvalue weighted by Gasteiger charge is -2.30. The van der Waals surface area contributed by atoms with Crippen molar-refractivity contribution >= 4 is 11.9 Å². The van der Waals surface area contributed by atoms with Gasteiger partial charge in [-0.25, -0.2) is 0 Å². The summed E-state index contributed by atoms with van der Waals surface area (Å²) < 4.78 is 5.30. The van der Waals surface area contributed by atoms with E-state index < -0.39 is 0 Å². The molecule has 19 heavy (non-hydrogen) atoms. The quantitative estimate of drug-likeness (QED) is 0.692. The SMILES string of the molecule is Oc1nc(N2CCNCC2)nc(N2CCOCC2)n1. The van der Waals surface area contributed by atoms with Crippen LogP contribution in [0.5, 0.6) is 6.01 Å². The molecule has 2 saturated heterocycles. The smallest absolute Gasteiger partial charge is 0.320 e. The number of ether oxygens (including phenoxy) is 1. The number of aromatic nitrogens is 3. The van der Waals surface area contributed by atoms with Gasteiger partial charge < -0.3 is 25.0 Å². The summed E-state index contributed by atoms with van der Waals surface area (Å²) in [7, 11) is 0. The molecule has 0 bridgehead atoms. The average molecular weight is 266 g/mol. The van der Waals surface area contributed by atoms with Crippen LogP contribution < -0.4 is 15.1 Å². The van der Waals surface area contributed by atoms with E-state index in [2.05, 4.69) is 25.2 Å². The lowest BCUT2D eigenvalue weighted by Crippen LogP contribution is -2.44. The van der Waals surface area contributed by atoms with Crippen molar-refractivity contribution in [1.82, 2.24) is 20.3 Å². The van der Waals surface area contributed by atoms with Crippen molar-refractivity contribution in [2.24, 2.45) is 0 Å². The van der Waals surface area contributed by atoms with E-state index >= 15 is 0 Å². The van der Waals surface area contributed by atoms with E-state index in [0.29, 0.717) is 25.1 Å². The van der Waals surface area contributed by atoms with Crippen LogP contribution in [-0.4, -0.2) is 72.5 Å². The number of nitrogens with zero attached hydrogens (tertiary/aromatic N) is 5. The third-order valence-corrected chi connectivity index (χ3v) is 3.29. The highest BCUT2D eigenvalue weighted by molar-refractivity contribution is 5.40. The second-order valence-electron chi connectivity index (χ2n) is 4.57. The zero-order valence-corrected chi connectivity index (χ0v) is 10.7. The Morgan fingerprint density at radius 1 is 0.895 bits per heavy atom. The fourth-order valence-electron chi connectivity index (χ4n) is 2.25. The summed E-state index contributed by atoms with van der Waals surface area (Å²) in [5.41, 5.74) is 0. The fourth-order valence-corrected chi connectivity index (χ4v) is 2.25. The average Bonchev–Trinajstić information content (AvgIpc) is 2.48. The van der Waals surface area contributed by atoms with Gasteiger partial charge in [-0.05, 0) is 0 Å². The van der Waals surface area contributed by atoms with E-state index in [1.165, 1.54) is 0 Å². The summed E-state index contributed by atoms with van der Waals surface area (Å²) in [4.78, 5) is 16.6. The maximum absolute atomic E-state index is 9.69. The summed E-state index contributed by atoms with van der Waals surface area (Å²) in [5, 5.41) is 13.0. The van der Waals surface area contributed by atoms with Crippen LogP contribution in [0.15, 0.2) is 0 Å². The second kappa shape index (κ2) is 5.54. The zero-order chi connectivity index (χ0) is 13.1. The number of morpholine rings is 1. The molecule has 0 aromatic carbocycles. The molecule has 2 aliphatic heterocycles. The van der Waals surface area contributed by atoms with Crippen LogP contribution in [0, 0.1) is 0 Å². The van der Waals surface area contributed by atoms with Crippen molar-refractivity contribution in [3.63, 3.8) is 0 Å². The minimum Gasteiger partial charge on any atom is -0.479 e. The number of rotatable bonds is 2. The fraction of sp³-hybridized carbons (Fsp3) is 0.727. The van der Waals surface area contributed by atoms with Gasteiger partial charge in [0, 0.05) is 39.3 Å². The number of piperazine rings is 1. The molecular formula is C11H18N6O2. The van der Waals surface area contributed by atoms with Crippen molar-refractivity contribution in [2.45, 2.75) is 0 Å². The number of anilines is 2. The highest BCUT2D eigenvalue weighted by Crippen LogP contribution is 2.18. The molecule has 104 valence electrons. The van der Waals surface area contributed by atoms with Crippen LogP contribution in [0.1, 0.15) is 0 Å². The highest BCUT2D eigenvalue weighted by Gasteiger charge is 2.19. The van der Waals surface area contributed by atoms with E-state index in [9.17, 15) is 5.11 Å². The first-order valence-electron chi connectivity index (χ1n) is 6.56. The number of hydrogen-bond donors (Lipinski definition) is 2. The Morgan fingerprint density at radius 2 is 1.47 bits per heavy atom. The van der Waals surface area contributed by atoms with Crippen molar-refractivity contribution < 1.29 is 9.84 Å². The van der Waals surface area contributed by atoms with Crippen LogP contribution in [0.2, 0.25) is 0 Å². The van der Waals surface area contributed by atoms with E-state index in [4.69, 9.17) is 4.74 Å². The first-order chi connectivity index (χ1) is 9.33. The van der Waals surface area contributed by atoms with Gasteiger partial charge in [0.25, 0.3) is 0 Å². The molecular weight excluding hydrogens is 248 g/mol. The molecule has 2 fully saturated rings.